The Bertz CT molecular complexity index is 1210. The smallest absolute Gasteiger partial charge is 0.239 e. The third-order valence-corrected chi connectivity index (χ3v) is 6.07. The van der Waals surface area contributed by atoms with Gasteiger partial charge in [0.15, 0.2) is 0 Å². The van der Waals surface area contributed by atoms with Crippen LogP contribution in [-0.4, -0.2) is 18.2 Å². The van der Waals surface area contributed by atoms with Crippen molar-refractivity contribution in [1.29, 1.82) is 0 Å². The highest BCUT2D eigenvalue weighted by atomic mass is 35.5. The van der Waals surface area contributed by atoms with Crippen molar-refractivity contribution in [2.24, 2.45) is 0 Å². The molecule has 4 aromatic rings. The Morgan fingerprint density at radius 3 is 2.14 bits per heavy atom. The van der Waals surface area contributed by atoms with E-state index in [1.807, 2.05) is 60.7 Å². The number of nitrogens with one attached hydrogen (secondary N) is 1. The molecule has 4 rings (SSSR count). The number of para-hydroxylation sites is 1. The van der Waals surface area contributed by atoms with Crippen LogP contribution in [0.15, 0.2) is 96.0 Å². The first kappa shape index (κ1) is 19.4. The first-order valence-electron chi connectivity index (χ1n) is 8.97. The molecule has 0 fully saturated rings. The van der Waals surface area contributed by atoms with Crippen molar-refractivity contribution in [2.45, 2.75) is 11.4 Å². The predicted octanol–water partition coefficient (Wildman–Crippen LogP) is 4.67. The van der Waals surface area contributed by atoms with Gasteiger partial charge < -0.3 is 0 Å². The van der Waals surface area contributed by atoms with Crippen LogP contribution in [0, 0.1) is 0 Å². The summed E-state index contributed by atoms with van der Waals surface area (Å²) in [5.41, 5.74) is 2.73. The third-order valence-electron chi connectivity index (χ3n) is 4.42. The average molecular weight is 424 g/mol. The number of halogens is 1. The lowest BCUT2D eigenvalue weighted by atomic mass is 10.2. The molecule has 29 heavy (non-hydrogen) atoms. The number of rotatable bonds is 6. The third kappa shape index (κ3) is 4.40. The van der Waals surface area contributed by atoms with Gasteiger partial charge in [-0.1, -0.05) is 72.3 Å². The lowest BCUT2D eigenvalue weighted by Gasteiger charge is -2.07. The Labute approximate surface area is 174 Å². The lowest BCUT2D eigenvalue weighted by molar-refractivity contribution is 0.581. The summed E-state index contributed by atoms with van der Waals surface area (Å²) in [6, 6.07) is 25.7. The number of hydrogen-bond donors (Lipinski definition) is 1. The summed E-state index contributed by atoms with van der Waals surface area (Å²) < 4.78 is 30.5. The van der Waals surface area contributed by atoms with Crippen LogP contribution < -0.4 is 4.72 Å². The molecule has 0 spiro atoms. The second-order valence-corrected chi connectivity index (χ2v) is 8.61. The van der Waals surface area contributed by atoms with Gasteiger partial charge in [0.25, 0.3) is 0 Å². The van der Waals surface area contributed by atoms with E-state index in [0.29, 0.717) is 10.7 Å². The molecule has 5 nitrogen and oxygen atoms in total. The van der Waals surface area contributed by atoms with Crippen LogP contribution in [0.5, 0.6) is 0 Å². The van der Waals surface area contributed by atoms with Crippen LogP contribution in [0.1, 0.15) is 5.56 Å². The Balaban J connectivity index is 1.72. The van der Waals surface area contributed by atoms with E-state index in [4.69, 9.17) is 11.6 Å². The maximum absolute atomic E-state index is 13.1. The summed E-state index contributed by atoms with van der Waals surface area (Å²) in [6.07, 6.45) is 1.54. The van der Waals surface area contributed by atoms with Crippen LogP contribution >= 0.6 is 11.6 Å². The van der Waals surface area contributed by atoms with Crippen molar-refractivity contribution in [1.82, 2.24) is 14.5 Å². The number of hydrogen-bond acceptors (Lipinski definition) is 3. The molecule has 1 N–H and O–H groups in total. The van der Waals surface area contributed by atoms with Crippen LogP contribution in [0.3, 0.4) is 0 Å². The zero-order valence-corrected chi connectivity index (χ0v) is 16.9. The fourth-order valence-electron chi connectivity index (χ4n) is 2.92. The van der Waals surface area contributed by atoms with Crippen LogP contribution in [0.4, 0.5) is 0 Å². The van der Waals surface area contributed by atoms with E-state index >= 15 is 0 Å². The van der Waals surface area contributed by atoms with E-state index in [0.717, 1.165) is 16.8 Å². The predicted molar refractivity (Wildman–Crippen MR) is 114 cm³/mol. The molecule has 0 saturated carbocycles. The van der Waals surface area contributed by atoms with Gasteiger partial charge in [0, 0.05) is 17.1 Å². The molecule has 0 radical (unpaired) electrons. The minimum absolute atomic E-state index is 0.126. The summed E-state index contributed by atoms with van der Waals surface area (Å²) in [5, 5.41) is 5.17. The molecule has 1 aromatic heterocycles. The van der Waals surface area contributed by atoms with Crippen molar-refractivity contribution in [3.05, 3.63) is 102 Å². The molecule has 0 aliphatic heterocycles. The van der Waals surface area contributed by atoms with Crippen molar-refractivity contribution in [3.8, 4) is 16.9 Å². The monoisotopic (exact) mass is 423 g/mol. The Morgan fingerprint density at radius 1 is 0.862 bits per heavy atom. The Morgan fingerprint density at radius 2 is 1.48 bits per heavy atom. The largest absolute Gasteiger partial charge is 0.244 e. The quantitative estimate of drug-likeness (QED) is 0.490. The van der Waals surface area contributed by atoms with Crippen molar-refractivity contribution in [3.63, 3.8) is 0 Å². The summed E-state index contributed by atoms with van der Waals surface area (Å²) in [6.45, 7) is 0.157. The summed E-state index contributed by atoms with van der Waals surface area (Å²) in [4.78, 5) is 0.126. The van der Waals surface area contributed by atoms with Crippen LogP contribution in [0.25, 0.3) is 16.9 Å². The highest BCUT2D eigenvalue weighted by Crippen LogP contribution is 2.27. The first-order valence-corrected chi connectivity index (χ1v) is 10.8. The zero-order valence-electron chi connectivity index (χ0n) is 15.4. The maximum Gasteiger partial charge on any atom is 0.244 e. The van der Waals surface area contributed by atoms with E-state index in [1.54, 1.807) is 35.1 Å². The summed E-state index contributed by atoms with van der Waals surface area (Å²) in [7, 11) is -3.80. The minimum atomic E-state index is -3.80. The Kier molecular flexibility index (Phi) is 5.49. The molecule has 0 amide bonds. The van der Waals surface area contributed by atoms with Crippen molar-refractivity contribution in [2.75, 3.05) is 0 Å². The second-order valence-electron chi connectivity index (χ2n) is 6.44. The van der Waals surface area contributed by atoms with E-state index in [2.05, 4.69) is 9.82 Å². The fraction of sp³-hybridized carbons (Fsp3) is 0.0455. The van der Waals surface area contributed by atoms with E-state index in [1.165, 1.54) is 0 Å². The van der Waals surface area contributed by atoms with Crippen molar-refractivity contribution < 1.29 is 8.42 Å². The average Bonchev–Trinajstić information content (AvgIpc) is 3.21. The molecule has 0 atom stereocenters. The molecule has 0 aliphatic carbocycles. The van der Waals surface area contributed by atoms with E-state index < -0.39 is 10.0 Å². The van der Waals surface area contributed by atoms with Gasteiger partial charge in [0.2, 0.25) is 10.0 Å². The number of benzene rings is 3. The second kappa shape index (κ2) is 8.21. The van der Waals surface area contributed by atoms with Gasteiger partial charge in [-0.05, 0) is 29.8 Å². The number of sulfonamides is 1. The van der Waals surface area contributed by atoms with Gasteiger partial charge in [0.1, 0.15) is 10.6 Å². The molecule has 146 valence electrons. The molecule has 3 aromatic carbocycles. The standard InChI is InChI=1S/C22H18ClN3O2S/c23-19-13-11-17(12-14-19)15-24-29(27,28)21-16-26(20-9-5-2-6-10-20)25-22(21)18-7-3-1-4-8-18/h1-14,16,24H,15H2. The van der Waals surface area contributed by atoms with Crippen LogP contribution in [-0.2, 0) is 16.6 Å². The van der Waals surface area contributed by atoms with Gasteiger partial charge in [0.05, 0.1) is 11.9 Å². The van der Waals surface area contributed by atoms with Gasteiger partial charge in [-0.2, -0.15) is 5.10 Å². The normalized spacial score (nSPS) is 11.5. The summed E-state index contributed by atoms with van der Waals surface area (Å²) >= 11 is 5.90. The highest BCUT2D eigenvalue weighted by Gasteiger charge is 2.24. The lowest BCUT2D eigenvalue weighted by Crippen LogP contribution is -2.23. The van der Waals surface area contributed by atoms with E-state index in [-0.39, 0.29) is 11.4 Å². The molecule has 0 unspecified atom stereocenters. The molecular formula is C22H18ClN3O2S. The van der Waals surface area contributed by atoms with Gasteiger partial charge >= 0.3 is 0 Å². The van der Waals surface area contributed by atoms with Gasteiger partial charge in [-0.15, -0.1) is 0 Å². The topological polar surface area (TPSA) is 64.0 Å². The number of nitrogens with zero attached hydrogens (tertiary/aromatic N) is 2. The molecule has 0 aliphatic rings. The zero-order chi connectivity index (χ0) is 20.3. The molecule has 0 saturated heterocycles. The molecule has 1 heterocycles. The van der Waals surface area contributed by atoms with Gasteiger partial charge in [-0.25, -0.2) is 17.8 Å². The van der Waals surface area contributed by atoms with Gasteiger partial charge in [-0.3, -0.25) is 0 Å². The minimum Gasteiger partial charge on any atom is -0.239 e. The Hall–Kier alpha value is -2.93. The number of aromatic nitrogens is 2. The molecule has 7 heteroatoms. The fourth-order valence-corrected chi connectivity index (χ4v) is 4.21. The maximum atomic E-state index is 13.1. The SMILES string of the molecule is O=S(=O)(NCc1ccc(Cl)cc1)c1cn(-c2ccccc2)nc1-c1ccccc1. The molecule has 0 bridgehead atoms. The van der Waals surface area contributed by atoms with Crippen LogP contribution in [0.2, 0.25) is 5.02 Å². The first-order chi connectivity index (χ1) is 14.0. The van der Waals surface area contributed by atoms with Crippen molar-refractivity contribution >= 4 is 21.6 Å². The molecular weight excluding hydrogens is 406 g/mol. The van der Waals surface area contributed by atoms with E-state index in [9.17, 15) is 8.42 Å². The highest BCUT2D eigenvalue weighted by molar-refractivity contribution is 7.89. The summed E-state index contributed by atoms with van der Waals surface area (Å²) in [5.74, 6) is 0.